The summed E-state index contributed by atoms with van der Waals surface area (Å²) in [6.45, 7) is 5.42. The molecule has 10 heteroatoms. The summed E-state index contributed by atoms with van der Waals surface area (Å²) in [5.74, 6) is -0.632. The molecule has 4 amide bonds. The Morgan fingerprint density at radius 1 is 0.843 bits per heavy atom. The largest absolute Gasteiger partial charge is 0.495 e. The number of hydrogen-bond donors (Lipinski definition) is 1. The molecule has 2 aliphatic heterocycles. The zero-order valence-corrected chi connectivity index (χ0v) is 29.9. The van der Waals surface area contributed by atoms with E-state index >= 15 is 0 Å². The minimum absolute atomic E-state index is 0.0571. The minimum Gasteiger partial charge on any atom is -0.495 e. The molecular formula is C41H45N5O5. The average molecular weight is 688 g/mol. The zero-order chi connectivity index (χ0) is 36.2. The predicted octanol–water partition coefficient (Wildman–Crippen LogP) is 6.17. The van der Waals surface area contributed by atoms with E-state index in [1.165, 1.54) is 12.0 Å². The second-order valence-corrected chi connectivity index (χ2v) is 13.5. The molecule has 2 heterocycles. The van der Waals surface area contributed by atoms with Gasteiger partial charge in [0.1, 0.15) is 12.3 Å². The number of carbonyl (C=O) groups is 4. The van der Waals surface area contributed by atoms with Crippen LogP contribution in [0.1, 0.15) is 51.1 Å². The first-order chi connectivity index (χ1) is 24.5. The summed E-state index contributed by atoms with van der Waals surface area (Å²) >= 11 is 0. The fourth-order valence-electron chi connectivity index (χ4n) is 7.07. The molecule has 0 spiro atoms. The van der Waals surface area contributed by atoms with E-state index in [-0.39, 0.29) is 43.1 Å². The van der Waals surface area contributed by atoms with Crippen LogP contribution in [-0.2, 0) is 9.59 Å². The third-order valence-electron chi connectivity index (χ3n) is 9.94. The highest BCUT2D eigenvalue weighted by Crippen LogP contribution is 2.36. The Morgan fingerprint density at radius 2 is 1.55 bits per heavy atom. The summed E-state index contributed by atoms with van der Waals surface area (Å²) in [5, 5.41) is 2.98. The molecule has 0 atom stereocenters. The third kappa shape index (κ3) is 7.51. The van der Waals surface area contributed by atoms with Gasteiger partial charge in [0.2, 0.25) is 11.8 Å². The highest BCUT2D eigenvalue weighted by atomic mass is 16.5. The van der Waals surface area contributed by atoms with E-state index in [1.807, 2.05) is 55.1 Å². The highest BCUT2D eigenvalue weighted by molar-refractivity contribution is 6.13. The molecule has 0 bridgehead atoms. The van der Waals surface area contributed by atoms with Crippen molar-refractivity contribution in [3.63, 3.8) is 0 Å². The van der Waals surface area contributed by atoms with Gasteiger partial charge in [-0.15, -0.1) is 0 Å². The van der Waals surface area contributed by atoms with Gasteiger partial charge >= 0.3 is 0 Å². The maximum atomic E-state index is 14.1. The number of para-hydroxylation sites is 2. The van der Waals surface area contributed by atoms with E-state index in [2.05, 4.69) is 30.4 Å². The molecule has 4 aromatic rings. The molecule has 264 valence electrons. The van der Waals surface area contributed by atoms with Crippen molar-refractivity contribution in [3.05, 3.63) is 107 Å². The number of carbonyl (C=O) groups excluding carboxylic acids is 4. The van der Waals surface area contributed by atoms with Gasteiger partial charge in [0.25, 0.3) is 11.8 Å². The number of nitrogens with zero attached hydrogens (tertiary/aromatic N) is 4. The van der Waals surface area contributed by atoms with Gasteiger partial charge in [-0.1, -0.05) is 54.1 Å². The summed E-state index contributed by atoms with van der Waals surface area (Å²) in [5.41, 5.74) is 6.33. The van der Waals surface area contributed by atoms with Gasteiger partial charge in [0.15, 0.2) is 0 Å². The number of likely N-dealkylation sites (tertiary alicyclic amines) is 1. The Kier molecular flexibility index (Phi) is 10.5. The summed E-state index contributed by atoms with van der Waals surface area (Å²) in [7, 11) is 5.60. The molecule has 1 saturated heterocycles. The van der Waals surface area contributed by atoms with Crippen molar-refractivity contribution in [2.24, 2.45) is 0 Å². The molecule has 0 saturated carbocycles. The number of anilines is 3. The molecule has 0 aliphatic carbocycles. The Morgan fingerprint density at radius 3 is 2.25 bits per heavy atom. The first-order valence-electron chi connectivity index (χ1n) is 17.4. The van der Waals surface area contributed by atoms with E-state index in [0.717, 1.165) is 35.1 Å². The number of hydrogen-bond acceptors (Lipinski definition) is 6. The number of ether oxygens (including phenoxy) is 1. The van der Waals surface area contributed by atoms with Crippen LogP contribution in [0.5, 0.6) is 5.75 Å². The van der Waals surface area contributed by atoms with Gasteiger partial charge in [0, 0.05) is 43.2 Å². The lowest BCUT2D eigenvalue weighted by Gasteiger charge is -2.36. The predicted molar refractivity (Wildman–Crippen MR) is 201 cm³/mol. The standard InChI is InChI=1S/C41H45N5O5/c1-27-14-16-31(28(2)24-27)32-10-6-7-11-33(32)40(49)42-34-17-15-29(25-37(34)51-5)41(50)45-23-20-38(47)46(36-13-9-8-12-35(36)45)26-39(48)44-21-18-30(19-22-44)43(3)4/h6-17,24-25,30H,18-23,26H2,1-5H3,(H,42,49). The number of piperidine rings is 1. The van der Waals surface area contributed by atoms with E-state index in [9.17, 15) is 19.2 Å². The Bertz CT molecular complexity index is 1970. The van der Waals surface area contributed by atoms with Crippen LogP contribution in [-0.4, -0.2) is 86.9 Å². The molecule has 4 aromatic carbocycles. The average Bonchev–Trinajstić information content (AvgIpc) is 3.27. The molecule has 0 aromatic heterocycles. The third-order valence-corrected chi connectivity index (χ3v) is 9.94. The van der Waals surface area contributed by atoms with Gasteiger partial charge in [-0.05, 0) is 93.9 Å². The first kappa shape index (κ1) is 35.3. The minimum atomic E-state index is -0.328. The molecule has 0 radical (unpaired) electrons. The summed E-state index contributed by atoms with van der Waals surface area (Å²) in [6, 6.07) is 26.1. The Labute approximate surface area is 299 Å². The van der Waals surface area contributed by atoms with E-state index < -0.39 is 0 Å². The molecule has 1 fully saturated rings. The van der Waals surface area contributed by atoms with Crippen LogP contribution in [0.4, 0.5) is 17.1 Å². The lowest BCUT2D eigenvalue weighted by atomic mass is 9.94. The number of benzene rings is 4. The maximum Gasteiger partial charge on any atom is 0.258 e. The fourth-order valence-corrected chi connectivity index (χ4v) is 7.07. The summed E-state index contributed by atoms with van der Waals surface area (Å²) < 4.78 is 5.66. The topological polar surface area (TPSA) is 102 Å². The Hall–Kier alpha value is -5.48. The van der Waals surface area contributed by atoms with Crippen molar-refractivity contribution in [1.29, 1.82) is 0 Å². The van der Waals surface area contributed by atoms with Crippen LogP contribution in [0.15, 0.2) is 84.9 Å². The van der Waals surface area contributed by atoms with Gasteiger partial charge in [-0.2, -0.15) is 0 Å². The summed E-state index contributed by atoms with van der Waals surface area (Å²) in [4.78, 5) is 61.9. The number of aryl methyl sites for hydroxylation is 2. The van der Waals surface area contributed by atoms with E-state index in [0.29, 0.717) is 53.1 Å². The van der Waals surface area contributed by atoms with Crippen molar-refractivity contribution >= 4 is 40.7 Å². The second kappa shape index (κ2) is 15.2. The van der Waals surface area contributed by atoms with Crippen molar-refractivity contribution in [2.45, 2.75) is 39.2 Å². The lowest BCUT2D eigenvalue weighted by Crippen LogP contribution is -2.48. The highest BCUT2D eigenvalue weighted by Gasteiger charge is 2.33. The van der Waals surface area contributed by atoms with Crippen LogP contribution in [0.25, 0.3) is 11.1 Å². The van der Waals surface area contributed by atoms with Crippen LogP contribution in [0, 0.1) is 13.8 Å². The monoisotopic (exact) mass is 687 g/mol. The van der Waals surface area contributed by atoms with Crippen LogP contribution >= 0.6 is 0 Å². The van der Waals surface area contributed by atoms with Crippen LogP contribution in [0.2, 0.25) is 0 Å². The van der Waals surface area contributed by atoms with Crippen molar-refractivity contribution in [2.75, 3.05) is 62.5 Å². The normalized spacial score (nSPS) is 15.0. The number of rotatable bonds is 8. The van der Waals surface area contributed by atoms with Gasteiger partial charge in [-0.3, -0.25) is 19.2 Å². The van der Waals surface area contributed by atoms with Gasteiger partial charge < -0.3 is 29.7 Å². The number of nitrogens with one attached hydrogen (secondary N) is 1. The quantitative estimate of drug-likeness (QED) is 0.238. The molecule has 0 unspecified atom stereocenters. The smallest absolute Gasteiger partial charge is 0.258 e. The number of fused-ring (bicyclic) bond motifs is 1. The fraction of sp³-hybridized carbons (Fsp3) is 0.317. The molecular weight excluding hydrogens is 642 g/mol. The molecule has 6 rings (SSSR count). The lowest BCUT2D eigenvalue weighted by molar-refractivity contribution is -0.132. The molecule has 10 nitrogen and oxygen atoms in total. The molecule has 2 aliphatic rings. The van der Waals surface area contributed by atoms with Crippen LogP contribution in [0.3, 0.4) is 0 Å². The van der Waals surface area contributed by atoms with Crippen molar-refractivity contribution < 1.29 is 23.9 Å². The van der Waals surface area contributed by atoms with E-state index in [1.54, 1.807) is 47.4 Å². The second-order valence-electron chi connectivity index (χ2n) is 13.5. The molecule has 1 N–H and O–H groups in total. The molecule has 51 heavy (non-hydrogen) atoms. The number of methoxy groups -OCH3 is 1. The number of amides is 4. The SMILES string of the molecule is COc1cc(C(=O)N2CCC(=O)N(CC(=O)N3CCC(N(C)C)CC3)c3ccccc32)ccc1NC(=O)c1ccccc1-c1ccc(C)cc1C. The Balaban J connectivity index is 1.21. The zero-order valence-electron chi connectivity index (χ0n) is 29.9. The van der Waals surface area contributed by atoms with E-state index in [4.69, 9.17) is 4.74 Å². The van der Waals surface area contributed by atoms with Gasteiger partial charge in [-0.25, -0.2) is 0 Å². The van der Waals surface area contributed by atoms with Crippen molar-refractivity contribution in [1.82, 2.24) is 9.80 Å². The van der Waals surface area contributed by atoms with Crippen LogP contribution < -0.4 is 19.9 Å². The van der Waals surface area contributed by atoms with Gasteiger partial charge in [0.05, 0.1) is 24.2 Å². The van der Waals surface area contributed by atoms with Crippen molar-refractivity contribution in [3.8, 4) is 16.9 Å². The first-order valence-corrected chi connectivity index (χ1v) is 17.4. The maximum absolute atomic E-state index is 14.1. The summed E-state index contributed by atoms with van der Waals surface area (Å²) in [6.07, 6.45) is 1.83.